The highest BCUT2D eigenvalue weighted by atomic mass is 16.2. The van der Waals surface area contributed by atoms with E-state index in [0.717, 1.165) is 47.7 Å². The number of fused-ring (bicyclic) bond motifs is 1. The third-order valence-electron chi connectivity index (χ3n) is 4.19. The normalized spacial score (nSPS) is 14.1. The first-order chi connectivity index (χ1) is 9.99. The molecule has 1 amide bonds. The molecule has 5 nitrogen and oxygen atoms in total. The van der Waals surface area contributed by atoms with Crippen LogP contribution in [0.2, 0.25) is 0 Å². The second kappa shape index (κ2) is 4.91. The van der Waals surface area contributed by atoms with Gasteiger partial charge in [-0.15, -0.1) is 0 Å². The Bertz CT molecular complexity index is 717. The number of carbonyl (C=O) groups excluding carboxylic acids is 1. The van der Waals surface area contributed by atoms with Crippen molar-refractivity contribution in [2.75, 3.05) is 17.2 Å². The fourth-order valence-electron chi connectivity index (χ4n) is 3.05. The van der Waals surface area contributed by atoms with Crippen molar-refractivity contribution in [2.45, 2.75) is 26.7 Å². The lowest BCUT2D eigenvalue weighted by Crippen LogP contribution is -2.36. The third-order valence-corrected chi connectivity index (χ3v) is 4.19. The number of aryl methyl sites for hydroxylation is 3. The number of nitrogens with zero attached hydrogens (tertiary/aromatic N) is 3. The van der Waals surface area contributed by atoms with Crippen LogP contribution < -0.4 is 10.6 Å². The number of benzene rings is 1. The summed E-state index contributed by atoms with van der Waals surface area (Å²) in [6, 6.07) is 5.77. The molecule has 0 saturated carbocycles. The summed E-state index contributed by atoms with van der Waals surface area (Å²) in [7, 11) is 1.87. The van der Waals surface area contributed by atoms with Gasteiger partial charge in [0.15, 0.2) is 0 Å². The van der Waals surface area contributed by atoms with Crippen LogP contribution in [0.15, 0.2) is 18.2 Å². The lowest BCUT2D eigenvalue weighted by atomic mass is 10.00. The Morgan fingerprint density at radius 3 is 2.76 bits per heavy atom. The highest BCUT2D eigenvalue weighted by Gasteiger charge is 2.27. The molecular formula is C16H20N4O. The SMILES string of the molecule is Cc1nn(C)c(C)c1C(=O)N1CCCc2cc(N)ccc21. The van der Waals surface area contributed by atoms with Crippen molar-refractivity contribution in [2.24, 2.45) is 7.05 Å². The number of hydrogen-bond acceptors (Lipinski definition) is 3. The zero-order valence-corrected chi connectivity index (χ0v) is 12.7. The Hall–Kier alpha value is -2.30. The van der Waals surface area contributed by atoms with E-state index >= 15 is 0 Å². The van der Waals surface area contributed by atoms with E-state index in [1.807, 2.05) is 44.0 Å². The van der Waals surface area contributed by atoms with Crippen LogP contribution in [0.4, 0.5) is 11.4 Å². The van der Waals surface area contributed by atoms with Gasteiger partial charge in [0, 0.05) is 30.7 Å². The molecule has 0 unspecified atom stereocenters. The molecule has 21 heavy (non-hydrogen) atoms. The van der Waals surface area contributed by atoms with Crippen LogP contribution in [0, 0.1) is 13.8 Å². The van der Waals surface area contributed by atoms with Crippen molar-refractivity contribution >= 4 is 17.3 Å². The molecule has 2 heterocycles. The van der Waals surface area contributed by atoms with E-state index in [-0.39, 0.29) is 5.91 Å². The monoisotopic (exact) mass is 284 g/mol. The average molecular weight is 284 g/mol. The molecule has 0 bridgehead atoms. The summed E-state index contributed by atoms with van der Waals surface area (Å²) >= 11 is 0. The maximum atomic E-state index is 12.9. The summed E-state index contributed by atoms with van der Waals surface area (Å²) in [5.74, 6) is 0.0313. The standard InChI is InChI=1S/C16H20N4O/c1-10-15(11(2)19(3)18-10)16(21)20-8-4-5-12-9-13(17)6-7-14(12)20/h6-7,9H,4-5,8,17H2,1-3H3. The quantitative estimate of drug-likeness (QED) is 0.817. The van der Waals surface area contributed by atoms with Crippen molar-refractivity contribution in [1.29, 1.82) is 0 Å². The summed E-state index contributed by atoms with van der Waals surface area (Å²) in [4.78, 5) is 14.8. The Morgan fingerprint density at radius 1 is 1.33 bits per heavy atom. The van der Waals surface area contributed by atoms with Crippen LogP contribution >= 0.6 is 0 Å². The summed E-state index contributed by atoms with van der Waals surface area (Å²) in [5, 5.41) is 4.35. The van der Waals surface area contributed by atoms with Crippen molar-refractivity contribution in [3.05, 3.63) is 40.7 Å². The zero-order chi connectivity index (χ0) is 15.1. The zero-order valence-electron chi connectivity index (χ0n) is 12.7. The Kier molecular flexibility index (Phi) is 3.20. The topological polar surface area (TPSA) is 64.2 Å². The van der Waals surface area contributed by atoms with Crippen LogP contribution in [-0.2, 0) is 13.5 Å². The number of aromatic nitrogens is 2. The van der Waals surface area contributed by atoms with E-state index < -0.39 is 0 Å². The van der Waals surface area contributed by atoms with Gasteiger partial charge in [-0.3, -0.25) is 9.48 Å². The van der Waals surface area contributed by atoms with Gasteiger partial charge >= 0.3 is 0 Å². The van der Waals surface area contributed by atoms with E-state index in [1.54, 1.807) is 4.68 Å². The Labute approximate surface area is 124 Å². The number of nitrogen functional groups attached to an aromatic ring is 1. The Balaban J connectivity index is 2.04. The lowest BCUT2D eigenvalue weighted by molar-refractivity contribution is 0.0984. The molecule has 0 aliphatic carbocycles. The number of anilines is 2. The predicted octanol–water partition coefficient (Wildman–Crippen LogP) is 2.21. The molecule has 110 valence electrons. The largest absolute Gasteiger partial charge is 0.399 e. The minimum absolute atomic E-state index is 0.0313. The molecule has 0 spiro atoms. The van der Waals surface area contributed by atoms with Gasteiger partial charge in [-0.05, 0) is 50.5 Å². The molecule has 2 aromatic rings. The molecule has 0 saturated heterocycles. The van der Waals surface area contributed by atoms with Gasteiger partial charge in [-0.1, -0.05) is 0 Å². The minimum Gasteiger partial charge on any atom is -0.399 e. The highest BCUT2D eigenvalue weighted by Crippen LogP contribution is 2.30. The smallest absolute Gasteiger partial charge is 0.262 e. The fourth-order valence-corrected chi connectivity index (χ4v) is 3.05. The number of rotatable bonds is 1. The first kappa shape index (κ1) is 13.7. The van der Waals surface area contributed by atoms with Crippen LogP contribution in [0.3, 0.4) is 0 Å². The molecule has 3 rings (SSSR count). The van der Waals surface area contributed by atoms with Gasteiger partial charge in [0.2, 0.25) is 0 Å². The van der Waals surface area contributed by atoms with E-state index in [4.69, 9.17) is 5.73 Å². The lowest BCUT2D eigenvalue weighted by Gasteiger charge is -2.29. The number of hydrogen-bond donors (Lipinski definition) is 1. The first-order valence-corrected chi connectivity index (χ1v) is 7.19. The highest BCUT2D eigenvalue weighted by molar-refractivity contribution is 6.08. The van der Waals surface area contributed by atoms with Crippen molar-refractivity contribution < 1.29 is 4.79 Å². The molecule has 0 fully saturated rings. The van der Waals surface area contributed by atoms with Crippen LogP contribution in [-0.4, -0.2) is 22.2 Å². The predicted molar refractivity (Wildman–Crippen MR) is 83.5 cm³/mol. The number of amides is 1. The van der Waals surface area contributed by atoms with Gasteiger partial charge in [0.25, 0.3) is 5.91 Å². The van der Waals surface area contributed by atoms with Crippen LogP contribution in [0.25, 0.3) is 0 Å². The van der Waals surface area contributed by atoms with Crippen LogP contribution in [0.5, 0.6) is 0 Å². The first-order valence-electron chi connectivity index (χ1n) is 7.19. The van der Waals surface area contributed by atoms with E-state index in [1.165, 1.54) is 0 Å². The van der Waals surface area contributed by atoms with E-state index in [0.29, 0.717) is 5.56 Å². The average Bonchev–Trinajstić information content (AvgIpc) is 2.70. The van der Waals surface area contributed by atoms with E-state index in [2.05, 4.69) is 5.10 Å². The number of nitrogens with two attached hydrogens (primary N) is 1. The van der Waals surface area contributed by atoms with Crippen molar-refractivity contribution in [3.8, 4) is 0 Å². The van der Waals surface area contributed by atoms with Gasteiger partial charge in [0.1, 0.15) is 0 Å². The fraction of sp³-hybridized carbons (Fsp3) is 0.375. The second-order valence-electron chi connectivity index (χ2n) is 5.62. The molecule has 0 radical (unpaired) electrons. The minimum atomic E-state index is 0.0313. The molecular weight excluding hydrogens is 264 g/mol. The third kappa shape index (κ3) is 2.18. The molecule has 1 aliphatic heterocycles. The maximum Gasteiger partial charge on any atom is 0.262 e. The van der Waals surface area contributed by atoms with Crippen LogP contribution in [0.1, 0.15) is 33.7 Å². The van der Waals surface area contributed by atoms with Gasteiger partial charge in [0.05, 0.1) is 11.3 Å². The van der Waals surface area contributed by atoms with Gasteiger partial charge in [-0.25, -0.2) is 0 Å². The summed E-state index contributed by atoms with van der Waals surface area (Å²) in [5.41, 5.74) is 11.1. The Morgan fingerprint density at radius 2 is 2.10 bits per heavy atom. The molecule has 2 N–H and O–H groups in total. The van der Waals surface area contributed by atoms with Gasteiger partial charge < -0.3 is 10.6 Å². The molecule has 1 aromatic carbocycles. The second-order valence-corrected chi connectivity index (χ2v) is 5.62. The maximum absolute atomic E-state index is 12.9. The molecule has 0 atom stereocenters. The summed E-state index contributed by atoms with van der Waals surface area (Å²) in [6.45, 7) is 4.55. The summed E-state index contributed by atoms with van der Waals surface area (Å²) < 4.78 is 1.76. The van der Waals surface area contributed by atoms with Crippen molar-refractivity contribution in [1.82, 2.24) is 9.78 Å². The molecule has 5 heteroatoms. The van der Waals surface area contributed by atoms with Crippen molar-refractivity contribution in [3.63, 3.8) is 0 Å². The van der Waals surface area contributed by atoms with E-state index in [9.17, 15) is 4.79 Å². The van der Waals surface area contributed by atoms with Gasteiger partial charge in [-0.2, -0.15) is 5.10 Å². The molecule has 1 aromatic heterocycles. The molecule has 1 aliphatic rings. The number of carbonyl (C=O) groups is 1. The summed E-state index contributed by atoms with van der Waals surface area (Å²) in [6.07, 6.45) is 1.93.